The lowest BCUT2D eigenvalue weighted by Gasteiger charge is -2.21. The molecule has 0 aromatic heterocycles. The van der Waals surface area contributed by atoms with E-state index in [-0.39, 0.29) is 5.91 Å². The lowest BCUT2D eigenvalue weighted by Crippen LogP contribution is -2.36. The van der Waals surface area contributed by atoms with E-state index in [0.29, 0.717) is 19.4 Å². The van der Waals surface area contributed by atoms with Gasteiger partial charge < -0.3 is 15.2 Å². The van der Waals surface area contributed by atoms with Crippen molar-refractivity contribution in [2.24, 2.45) is 5.92 Å². The topological polar surface area (TPSA) is 75.6 Å². The Hall–Kier alpha value is -1.10. The Morgan fingerprint density at radius 2 is 1.75 bits per heavy atom. The average Bonchev–Trinajstić information content (AvgIpc) is 2.94. The Balaban J connectivity index is 1.57. The monoisotopic (exact) mass is 283 g/mol. The van der Waals surface area contributed by atoms with Crippen molar-refractivity contribution in [1.29, 1.82) is 0 Å². The van der Waals surface area contributed by atoms with Crippen molar-refractivity contribution in [2.75, 3.05) is 6.54 Å². The second-order valence-electron chi connectivity index (χ2n) is 5.97. The molecule has 2 N–H and O–H groups in total. The van der Waals surface area contributed by atoms with Gasteiger partial charge in [-0.2, -0.15) is 0 Å². The molecule has 1 aliphatic heterocycles. The zero-order valence-electron chi connectivity index (χ0n) is 12.0. The van der Waals surface area contributed by atoms with Crippen LogP contribution in [0.25, 0.3) is 0 Å². The van der Waals surface area contributed by atoms with Gasteiger partial charge in [-0.05, 0) is 31.6 Å². The lowest BCUT2D eigenvalue weighted by molar-refractivity contribution is -0.151. The van der Waals surface area contributed by atoms with Crippen LogP contribution >= 0.6 is 0 Å². The Morgan fingerprint density at radius 3 is 2.40 bits per heavy atom. The van der Waals surface area contributed by atoms with E-state index >= 15 is 0 Å². The summed E-state index contributed by atoms with van der Waals surface area (Å²) < 4.78 is 5.22. The summed E-state index contributed by atoms with van der Waals surface area (Å²) >= 11 is 0. The third-order valence-corrected chi connectivity index (χ3v) is 4.40. The van der Waals surface area contributed by atoms with Crippen LogP contribution in [0.15, 0.2) is 0 Å². The Morgan fingerprint density at radius 1 is 1.05 bits per heavy atom. The van der Waals surface area contributed by atoms with Gasteiger partial charge in [0.1, 0.15) is 6.10 Å². The van der Waals surface area contributed by atoms with E-state index in [4.69, 9.17) is 9.84 Å². The van der Waals surface area contributed by atoms with Crippen molar-refractivity contribution in [2.45, 2.75) is 70.0 Å². The highest BCUT2D eigenvalue weighted by Gasteiger charge is 2.34. The number of ether oxygens (including phenoxy) is 1. The van der Waals surface area contributed by atoms with E-state index in [9.17, 15) is 9.59 Å². The molecule has 1 amide bonds. The molecule has 2 atom stereocenters. The third kappa shape index (κ3) is 4.47. The number of carbonyl (C=O) groups excluding carboxylic acids is 1. The van der Waals surface area contributed by atoms with Crippen molar-refractivity contribution in [3.05, 3.63) is 0 Å². The molecule has 1 aliphatic carbocycles. The summed E-state index contributed by atoms with van der Waals surface area (Å²) in [4.78, 5) is 22.6. The van der Waals surface area contributed by atoms with E-state index in [1.165, 1.54) is 38.5 Å². The molecule has 5 nitrogen and oxygen atoms in total. The number of hydrogen-bond donors (Lipinski definition) is 2. The summed E-state index contributed by atoms with van der Waals surface area (Å²) in [6.07, 6.45) is 8.47. The fourth-order valence-electron chi connectivity index (χ4n) is 3.20. The van der Waals surface area contributed by atoms with E-state index in [1.807, 2.05) is 0 Å². The van der Waals surface area contributed by atoms with Crippen LogP contribution in [0.4, 0.5) is 0 Å². The SMILES string of the molecule is O=C(NCCCC1CCCCC1)[C@@H]1CC[C@H](C(=O)O)O1. The van der Waals surface area contributed by atoms with Gasteiger partial charge in [-0.15, -0.1) is 0 Å². The standard InChI is InChI=1S/C15H25NO4/c17-14(12-8-9-13(20-12)15(18)19)16-10-4-7-11-5-2-1-3-6-11/h11-13H,1-10H2,(H,16,17)(H,18,19)/t12-,13+/m0/s1. The molecule has 1 saturated heterocycles. The van der Waals surface area contributed by atoms with Crippen LogP contribution in [-0.4, -0.2) is 35.7 Å². The molecule has 0 unspecified atom stereocenters. The highest BCUT2D eigenvalue weighted by Crippen LogP contribution is 2.27. The molecule has 0 radical (unpaired) electrons. The summed E-state index contributed by atoms with van der Waals surface area (Å²) in [6.45, 7) is 0.674. The molecular formula is C15H25NO4. The van der Waals surface area contributed by atoms with Gasteiger partial charge in [0.2, 0.25) is 5.91 Å². The fraction of sp³-hybridized carbons (Fsp3) is 0.867. The highest BCUT2D eigenvalue weighted by molar-refractivity contribution is 5.82. The van der Waals surface area contributed by atoms with Crippen molar-refractivity contribution >= 4 is 11.9 Å². The number of aliphatic carboxylic acids is 1. The van der Waals surface area contributed by atoms with Crippen molar-refractivity contribution in [3.8, 4) is 0 Å². The van der Waals surface area contributed by atoms with Crippen LogP contribution in [0.1, 0.15) is 57.8 Å². The van der Waals surface area contributed by atoms with E-state index in [1.54, 1.807) is 0 Å². The van der Waals surface area contributed by atoms with Gasteiger partial charge in [-0.1, -0.05) is 32.1 Å². The summed E-state index contributed by atoms with van der Waals surface area (Å²) in [5, 5.41) is 11.7. The minimum atomic E-state index is -0.974. The summed E-state index contributed by atoms with van der Waals surface area (Å²) in [5.74, 6) is -0.297. The number of carbonyl (C=O) groups is 2. The van der Waals surface area contributed by atoms with Crippen LogP contribution in [0, 0.1) is 5.92 Å². The van der Waals surface area contributed by atoms with E-state index in [0.717, 1.165) is 12.3 Å². The molecule has 1 heterocycles. The van der Waals surface area contributed by atoms with Crippen LogP contribution in [0.5, 0.6) is 0 Å². The molecule has 114 valence electrons. The number of amides is 1. The van der Waals surface area contributed by atoms with Crippen LogP contribution in [-0.2, 0) is 14.3 Å². The zero-order valence-corrected chi connectivity index (χ0v) is 12.0. The molecule has 2 aliphatic rings. The first kappa shape index (κ1) is 15.3. The van der Waals surface area contributed by atoms with Crippen molar-refractivity contribution in [1.82, 2.24) is 5.32 Å². The fourth-order valence-corrected chi connectivity index (χ4v) is 3.20. The number of nitrogens with one attached hydrogen (secondary N) is 1. The van der Waals surface area contributed by atoms with Crippen LogP contribution in [0.2, 0.25) is 0 Å². The first-order valence-electron chi connectivity index (χ1n) is 7.83. The van der Waals surface area contributed by atoms with Crippen molar-refractivity contribution < 1.29 is 19.4 Å². The normalized spacial score (nSPS) is 27.4. The number of carboxylic acid groups (broad SMARTS) is 1. The Labute approximate surface area is 120 Å². The predicted octanol–water partition coefficient (Wildman–Crippen LogP) is 2.10. The van der Waals surface area contributed by atoms with Gasteiger partial charge >= 0.3 is 5.97 Å². The average molecular weight is 283 g/mol. The minimum Gasteiger partial charge on any atom is -0.479 e. The first-order chi connectivity index (χ1) is 9.66. The minimum absolute atomic E-state index is 0.155. The highest BCUT2D eigenvalue weighted by atomic mass is 16.5. The third-order valence-electron chi connectivity index (χ3n) is 4.40. The summed E-state index contributed by atoms with van der Waals surface area (Å²) in [6, 6.07) is 0. The van der Waals surface area contributed by atoms with E-state index < -0.39 is 18.2 Å². The Kier molecular flexibility index (Phi) is 5.83. The maximum absolute atomic E-state index is 11.8. The van der Waals surface area contributed by atoms with Crippen molar-refractivity contribution in [3.63, 3.8) is 0 Å². The van der Waals surface area contributed by atoms with Gasteiger partial charge in [-0.3, -0.25) is 4.79 Å². The maximum atomic E-state index is 11.8. The molecule has 5 heteroatoms. The second-order valence-corrected chi connectivity index (χ2v) is 5.97. The molecule has 1 saturated carbocycles. The van der Waals surface area contributed by atoms with E-state index in [2.05, 4.69) is 5.32 Å². The molecule has 0 aromatic carbocycles. The molecule has 20 heavy (non-hydrogen) atoms. The lowest BCUT2D eigenvalue weighted by atomic mass is 9.86. The molecular weight excluding hydrogens is 258 g/mol. The smallest absolute Gasteiger partial charge is 0.332 e. The van der Waals surface area contributed by atoms with Gasteiger partial charge in [0.15, 0.2) is 6.10 Å². The van der Waals surface area contributed by atoms with Gasteiger partial charge in [0.05, 0.1) is 0 Å². The number of rotatable bonds is 6. The molecule has 0 spiro atoms. The first-order valence-corrected chi connectivity index (χ1v) is 7.83. The quantitative estimate of drug-likeness (QED) is 0.732. The maximum Gasteiger partial charge on any atom is 0.332 e. The summed E-state index contributed by atoms with van der Waals surface area (Å²) in [5.41, 5.74) is 0. The molecule has 0 aromatic rings. The largest absolute Gasteiger partial charge is 0.479 e. The second kappa shape index (κ2) is 7.62. The zero-order chi connectivity index (χ0) is 14.4. The van der Waals surface area contributed by atoms with Gasteiger partial charge in [0.25, 0.3) is 0 Å². The molecule has 2 fully saturated rings. The number of hydrogen-bond acceptors (Lipinski definition) is 3. The van der Waals surface area contributed by atoms with Gasteiger partial charge in [-0.25, -0.2) is 4.79 Å². The summed E-state index contributed by atoms with van der Waals surface area (Å²) in [7, 11) is 0. The number of carboxylic acids is 1. The molecule has 2 rings (SSSR count). The van der Waals surface area contributed by atoms with Gasteiger partial charge in [0, 0.05) is 6.54 Å². The van der Waals surface area contributed by atoms with Crippen LogP contribution < -0.4 is 5.32 Å². The van der Waals surface area contributed by atoms with Crippen LogP contribution in [0.3, 0.4) is 0 Å². The predicted molar refractivity (Wildman–Crippen MR) is 74.3 cm³/mol. The Bertz CT molecular complexity index is 339. The molecule has 0 bridgehead atoms.